The summed E-state index contributed by atoms with van der Waals surface area (Å²) in [6, 6.07) is 20.5. The van der Waals surface area contributed by atoms with Gasteiger partial charge in [-0.2, -0.15) is 5.26 Å². The maximum Gasteiger partial charge on any atom is 0.273 e. The fraction of sp³-hybridized carbons (Fsp3) is 0.0741. The molecule has 1 aromatic heterocycles. The van der Waals surface area contributed by atoms with Crippen LogP contribution in [0.25, 0.3) is 17.3 Å². The van der Waals surface area contributed by atoms with Gasteiger partial charge in [0.2, 0.25) is 0 Å². The van der Waals surface area contributed by atoms with Crippen LogP contribution in [0.15, 0.2) is 71.5 Å². The summed E-state index contributed by atoms with van der Waals surface area (Å²) in [5, 5.41) is 13.2. The Kier molecular flexibility index (Phi) is 7.99. The lowest BCUT2D eigenvalue weighted by Crippen LogP contribution is -2.32. The molecule has 4 rings (SSSR count). The van der Waals surface area contributed by atoms with E-state index in [-0.39, 0.29) is 26.5 Å². The highest BCUT2D eigenvalue weighted by Crippen LogP contribution is 2.28. The zero-order chi connectivity index (χ0) is 26.5. The van der Waals surface area contributed by atoms with Gasteiger partial charge in [0, 0.05) is 5.02 Å². The zero-order valence-corrected chi connectivity index (χ0v) is 21.9. The molecule has 0 radical (unpaired) electrons. The third-order valence-electron chi connectivity index (χ3n) is 5.28. The number of nitrogens with zero attached hydrogens (tertiary/aromatic N) is 2. The Morgan fingerprint density at radius 1 is 1.03 bits per heavy atom. The van der Waals surface area contributed by atoms with Gasteiger partial charge < -0.3 is 14.8 Å². The molecule has 4 aromatic rings. The molecule has 0 saturated heterocycles. The van der Waals surface area contributed by atoms with E-state index in [2.05, 4.69) is 5.32 Å². The maximum absolute atomic E-state index is 13.6. The summed E-state index contributed by atoms with van der Waals surface area (Å²) in [5.74, 6) is 0.334. The third-order valence-corrected chi connectivity index (χ3v) is 6.92. The van der Waals surface area contributed by atoms with Crippen molar-refractivity contribution in [1.82, 2.24) is 4.57 Å². The van der Waals surface area contributed by atoms with Gasteiger partial charge >= 0.3 is 0 Å². The first kappa shape index (κ1) is 26.0. The highest BCUT2D eigenvalue weighted by Gasteiger charge is 2.18. The van der Waals surface area contributed by atoms with E-state index in [0.29, 0.717) is 32.3 Å². The number of carbonyl (C=O) groups is 1. The van der Waals surface area contributed by atoms with Crippen molar-refractivity contribution < 1.29 is 14.3 Å². The number of anilines is 1. The summed E-state index contributed by atoms with van der Waals surface area (Å²) in [6.07, 6.45) is 1.67. The van der Waals surface area contributed by atoms with Crippen molar-refractivity contribution in [3.05, 3.63) is 102 Å². The Hall–Kier alpha value is -4.03. The minimum absolute atomic E-state index is 0.174. The predicted molar refractivity (Wildman–Crippen MR) is 146 cm³/mol. The van der Waals surface area contributed by atoms with Gasteiger partial charge in [0.05, 0.1) is 35.1 Å². The number of methoxy groups -OCH3 is 2. The van der Waals surface area contributed by atoms with E-state index in [0.717, 1.165) is 11.3 Å². The first-order valence-electron chi connectivity index (χ1n) is 10.8. The topological polar surface area (TPSA) is 93.4 Å². The molecule has 0 aliphatic rings. The number of rotatable bonds is 6. The Labute approximate surface area is 226 Å². The lowest BCUT2D eigenvalue weighted by atomic mass is 10.2. The second kappa shape index (κ2) is 11.4. The molecule has 0 unspecified atom stereocenters. The number of carbonyl (C=O) groups excluding carboxylic acids is 1. The fourth-order valence-corrected chi connectivity index (χ4v) is 5.08. The van der Waals surface area contributed by atoms with Gasteiger partial charge in [-0.25, -0.2) is 0 Å². The quantitative estimate of drug-likeness (QED) is 0.384. The summed E-state index contributed by atoms with van der Waals surface area (Å²) < 4.78 is 12.5. The molecule has 1 amide bonds. The first-order valence-corrected chi connectivity index (χ1v) is 12.4. The normalized spacial score (nSPS) is 12.0. The molecule has 1 heterocycles. The molecule has 10 heteroatoms. The Balaban J connectivity index is 1.94. The van der Waals surface area contributed by atoms with Crippen LogP contribution in [0.2, 0.25) is 10.0 Å². The van der Waals surface area contributed by atoms with Crippen molar-refractivity contribution in [1.29, 1.82) is 5.26 Å². The lowest BCUT2D eigenvalue weighted by molar-refractivity contribution is -0.111. The summed E-state index contributed by atoms with van der Waals surface area (Å²) in [7, 11) is 3.06. The summed E-state index contributed by atoms with van der Waals surface area (Å²) in [5.41, 5.74) is 0.843. The summed E-state index contributed by atoms with van der Waals surface area (Å²) in [6.45, 7) is 0. The number of aromatic nitrogens is 1. The van der Waals surface area contributed by atoms with Crippen LogP contribution in [0.1, 0.15) is 5.56 Å². The Morgan fingerprint density at radius 2 is 1.76 bits per heavy atom. The number of nitriles is 1. The van der Waals surface area contributed by atoms with Crippen molar-refractivity contribution in [2.45, 2.75) is 0 Å². The van der Waals surface area contributed by atoms with Crippen LogP contribution in [0.5, 0.6) is 11.5 Å². The molecule has 0 fully saturated rings. The summed E-state index contributed by atoms with van der Waals surface area (Å²) in [4.78, 5) is 26.7. The van der Waals surface area contributed by atoms with Gasteiger partial charge in [-0.05, 0) is 54.1 Å². The molecule has 0 saturated carbocycles. The number of thiazole rings is 1. The van der Waals surface area contributed by atoms with E-state index in [1.54, 1.807) is 60.7 Å². The fourth-order valence-electron chi connectivity index (χ4n) is 3.53. The monoisotopic (exact) mass is 551 g/mol. The number of hydrogen-bond acceptors (Lipinski definition) is 6. The van der Waals surface area contributed by atoms with Gasteiger partial charge in [-0.3, -0.25) is 14.2 Å². The van der Waals surface area contributed by atoms with Crippen LogP contribution < -0.4 is 29.5 Å². The number of hydrogen-bond donors (Lipinski definition) is 1. The molecule has 7 nitrogen and oxygen atoms in total. The van der Waals surface area contributed by atoms with Crippen molar-refractivity contribution in [3.8, 4) is 23.3 Å². The van der Waals surface area contributed by atoms with E-state index in [9.17, 15) is 14.9 Å². The molecule has 3 aromatic carbocycles. The predicted octanol–water partition coefficient (Wildman–Crippen LogP) is 4.36. The average Bonchev–Trinajstić information content (AvgIpc) is 3.21. The number of nitrogens with one attached hydrogen (secondary N) is 1. The smallest absolute Gasteiger partial charge is 0.273 e. The second-order valence-corrected chi connectivity index (χ2v) is 9.45. The van der Waals surface area contributed by atoms with Gasteiger partial charge in [0.15, 0.2) is 17.1 Å². The molecular weight excluding hydrogens is 533 g/mol. The van der Waals surface area contributed by atoms with Gasteiger partial charge in [0.25, 0.3) is 11.5 Å². The minimum Gasteiger partial charge on any atom is -0.493 e. The van der Waals surface area contributed by atoms with E-state index in [1.165, 1.54) is 30.9 Å². The Bertz CT molecular complexity index is 1710. The molecule has 186 valence electrons. The molecule has 37 heavy (non-hydrogen) atoms. The van der Waals surface area contributed by atoms with E-state index in [1.807, 2.05) is 6.07 Å². The largest absolute Gasteiger partial charge is 0.493 e. The zero-order valence-electron chi connectivity index (χ0n) is 19.6. The van der Waals surface area contributed by atoms with Gasteiger partial charge in [-0.1, -0.05) is 47.5 Å². The SMILES string of the molecule is COc1ccc(C=c2sc(=C(C#N)C(=O)Nc3ccc(Cl)cc3Cl)n(-c3ccccc3)c2=O)cc1OC. The highest BCUT2D eigenvalue weighted by atomic mass is 35.5. The van der Waals surface area contributed by atoms with Crippen LogP contribution in [0.3, 0.4) is 0 Å². The van der Waals surface area contributed by atoms with Crippen molar-refractivity contribution in [2.75, 3.05) is 19.5 Å². The molecule has 0 aliphatic carbocycles. The standard InChI is InChI=1S/C27H19Cl2N3O4S/c1-35-22-11-8-16(12-23(22)36-2)13-24-26(34)32(18-6-4-3-5-7-18)27(37-24)19(15-30)25(33)31-21-10-9-17(28)14-20(21)29/h3-14H,1-2H3,(H,31,33). The van der Waals surface area contributed by atoms with Crippen molar-refractivity contribution in [3.63, 3.8) is 0 Å². The van der Waals surface area contributed by atoms with Crippen molar-refractivity contribution in [2.24, 2.45) is 0 Å². The van der Waals surface area contributed by atoms with Crippen LogP contribution in [0.4, 0.5) is 5.69 Å². The number of halogens is 2. The van der Waals surface area contributed by atoms with Crippen LogP contribution in [0, 0.1) is 11.3 Å². The minimum atomic E-state index is -0.713. The van der Waals surface area contributed by atoms with E-state index in [4.69, 9.17) is 32.7 Å². The summed E-state index contributed by atoms with van der Waals surface area (Å²) >= 11 is 13.2. The Morgan fingerprint density at radius 3 is 2.41 bits per heavy atom. The van der Waals surface area contributed by atoms with Gasteiger partial charge in [-0.15, -0.1) is 11.3 Å². The number of amides is 1. The molecule has 1 N–H and O–H groups in total. The van der Waals surface area contributed by atoms with Gasteiger partial charge in [0.1, 0.15) is 10.7 Å². The van der Waals surface area contributed by atoms with E-state index >= 15 is 0 Å². The average molecular weight is 552 g/mol. The molecular formula is C27H19Cl2N3O4S. The van der Waals surface area contributed by atoms with Crippen LogP contribution in [-0.4, -0.2) is 24.7 Å². The molecule has 0 atom stereocenters. The molecule has 0 aliphatic heterocycles. The number of ether oxygens (including phenoxy) is 2. The second-order valence-electron chi connectivity index (χ2n) is 7.57. The molecule has 0 bridgehead atoms. The highest BCUT2D eigenvalue weighted by molar-refractivity contribution is 7.07. The number of para-hydroxylation sites is 1. The number of benzene rings is 3. The van der Waals surface area contributed by atoms with Crippen molar-refractivity contribution >= 4 is 57.8 Å². The van der Waals surface area contributed by atoms with E-state index < -0.39 is 5.91 Å². The lowest BCUT2D eigenvalue weighted by Gasteiger charge is -2.07. The molecule has 0 spiro atoms. The maximum atomic E-state index is 13.6. The van der Waals surface area contributed by atoms with Crippen LogP contribution >= 0.6 is 34.5 Å². The third kappa shape index (κ3) is 5.54. The first-order chi connectivity index (χ1) is 17.9. The van der Waals surface area contributed by atoms with Crippen LogP contribution in [-0.2, 0) is 4.79 Å².